The Bertz CT molecular complexity index is 1430. The van der Waals surface area contributed by atoms with Crippen LogP contribution >= 0.6 is 0 Å². The molecule has 13 heteroatoms. The van der Waals surface area contributed by atoms with E-state index >= 15 is 0 Å². The van der Waals surface area contributed by atoms with Crippen molar-refractivity contribution in [3.8, 4) is 11.1 Å². The smallest absolute Gasteiger partial charge is 0.358 e. The molecule has 0 unspecified atom stereocenters. The highest BCUT2D eigenvalue weighted by molar-refractivity contribution is 5.91. The molecule has 1 aromatic carbocycles. The van der Waals surface area contributed by atoms with Crippen LogP contribution in [0, 0.1) is 5.82 Å². The molecule has 1 amide bonds. The maximum absolute atomic E-state index is 14.7. The fourth-order valence-electron chi connectivity index (χ4n) is 3.86. The lowest BCUT2D eigenvalue weighted by atomic mass is 10.0. The summed E-state index contributed by atoms with van der Waals surface area (Å²) in [5, 5.41) is 13.1. The van der Waals surface area contributed by atoms with Crippen molar-refractivity contribution in [2.75, 3.05) is 10.6 Å². The van der Waals surface area contributed by atoms with Crippen LogP contribution < -0.4 is 10.6 Å². The standard InChI is InChI=1S/C24H21F4N7O2/c1-2-35-13-17(12-31-35)32-22-29-10-16(11-30-22)14-3-4-15(18(25)7-14)8-21(36)33-20-9-19(37-34-20)23(5-6-23)24(26,27)28/h3-4,7,9-13H,2,5-6,8H2,1H3,(H,29,30,32)(H,33,34,36). The van der Waals surface area contributed by atoms with E-state index in [1.165, 1.54) is 24.5 Å². The molecule has 0 spiro atoms. The molecule has 1 fully saturated rings. The van der Waals surface area contributed by atoms with E-state index in [4.69, 9.17) is 4.52 Å². The van der Waals surface area contributed by atoms with Gasteiger partial charge >= 0.3 is 6.18 Å². The number of alkyl halides is 3. The van der Waals surface area contributed by atoms with Crippen molar-refractivity contribution in [1.29, 1.82) is 0 Å². The lowest BCUT2D eigenvalue weighted by Crippen LogP contribution is -2.28. The SMILES string of the molecule is CCn1cc(Nc2ncc(-c3ccc(CC(=O)Nc4cc(C5(C(F)(F)F)CC5)on4)c(F)c3)cn2)cn1. The minimum absolute atomic E-state index is 0.0917. The van der Waals surface area contributed by atoms with E-state index in [-0.39, 0.29) is 36.4 Å². The third kappa shape index (κ3) is 5.01. The van der Waals surface area contributed by atoms with Crippen LogP contribution in [0.2, 0.25) is 0 Å². The van der Waals surface area contributed by atoms with Gasteiger partial charge in [0.2, 0.25) is 11.9 Å². The van der Waals surface area contributed by atoms with E-state index in [1.807, 2.05) is 13.1 Å². The average Bonchev–Trinajstić information content (AvgIpc) is 3.36. The maximum Gasteiger partial charge on any atom is 0.401 e. The number of aryl methyl sites for hydroxylation is 1. The van der Waals surface area contributed by atoms with Gasteiger partial charge in [-0.3, -0.25) is 9.48 Å². The Kier molecular flexibility index (Phi) is 6.13. The van der Waals surface area contributed by atoms with Crippen LogP contribution in [0.1, 0.15) is 31.1 Å². The number of amides is 1. The van der Waals surface area contributed by atoms with Crippen LogP contribution in [0.15, 0.2) is 53.6 Å². The van der Waals surface area contributed by atoms with Crippen molar-refractivity contribution in [2.45, 2.75) is 44.3 Å². The third-order valence-electron chi connectivity index (χ3n) is 6.14. The quantitative estimate of drug-likeness (QED) is 0.318. The molecule has 0 bridgehead atoms. The number of anilines is 3. The molecule has 3 aromatic heterocycles. The summed E-state index contributed by atoms with van der Waals surface area (Å²) in [4.78, 5) is 20.8. The van der Waals surface area contributed by atoms with Crippen LogP contribution in [0.4, 0.5) is 35.0 Å². The molecule has 9 nitrogen and oxygen atoms in total. The summed E-state index contributed by atoms with van der Waals surface area (Å²) in [7, 11) is 0. The number of halogens is 4. The number of nitrogens with one attached hydrogen (secondary N) is 2. The van der Waals surface area contributed by atoms with Crippen LogP contribution in [-0.2, 0) is 23.2 Å². The molecule has 2 N–H and O–H groups in total. The molecule has 37 heavy (non-hydrogen) atoms. The summed E-state index contributed by atoms with van der Waals surface area (Å²) in [6.07, 6.45) is 1.56. The summed E-state index contributed by atoms with van der Waals surface area (Å²) in [5.74, 6) is -1.41. The summed E-state index contributed by atoms with van der Waals surface area (Å²) in [5.41, 5.74) is -0.126. The normalized spacial score (nSPS) is 14.4. The number of benzene rings is 1. The molecule has 0 aliphatic heterocycles. The average molecular weight is 515 g/mol. The summed E-state index contributed by atoms with van der Waals surface area (Å²) in [6.45, 7) is 2.70. The molecule has 0 saturated heterocycles. The van der Waals surface area contributed by atoms with Crippen LogP contribution in [0.3, 0.4) is 0 Å². The molecule has 1 aliphatic carbocycles. The Morgan fingerprint density at radius 1 is 1.14 bits per heavy atom. The maximum atomic E-state index is 14.7. The van der Waals surface area contributed by atoms with Crippen molar-refractivity contribution in [3.05, 3.63) is 66.2 Å². The van der Waals surface area contributed by atoms with Gasteiger partial charge in [0.05, 0.1) is 18.3 Å². The molecule has 5 rings (SSSR count). The molecule has 4 aromatic rings. The van der Waals surface area contributed by atoms with Crippen molar-refractivity contribution in [3.63, 3.8) is 0 Å². The Labute approximate surface area is 207 Å². The van der Waals surface area contributed by atoms with E-state index in [0.717, 1.165) is 18.3 Å². The second-order valence-electron chi connectivity index (χ2n) is 8.69. The Balaban J connectivity index is 1.21. The van der Waals surface area contributed by atoms with Crippen molar-refractivity contribution in [1.82, 2.24) is 24.9 Å². The highest BCUT2D eigenvalue weighted by Crippen LogP contribution is 2.59. The van der Waals surface area contributed by atoms with Crippen LogP contribution in [0.5, 0.6) is 0 Å². The number of nitrogens with zero attached hydrogens (tertiary/aromatic N) is 5. The first-order valence-corrected chi connectivity index (χ1v) is 11.4. The number of carbonyl (C=O) groups excluding carboxylic acids is 1. The Hall–Kier alpha value is -4.29. The Morgan fingerprint density at radius 3 is 2.51 bits per heavy atom. The van der Waals surface area contributed by atoms with Gasteiger partial charge in [-0.2, -0.15) is 18.3 Å². The van der Waals surface area contributed by atoms with Crippen LogP contribution in [0.25, 0.3) is 11.1 Å². The van der Waals surface area contributed by atoms with Gasteiger partial charge in [0.25, 0.3) is 0 Å². The van der Waals surface area contributed by atoms with Gasteiger partial charge in [0, 0.05) is 36.8 Å². The minimum atomic E-state index is -4.46. The number of rotatable bonds is 8. The molecular formula is C24H21F4N7O2. The van der Waals surface area contributed by atoms with Gasteiger partial charge in [-0.15, -0.1) is 0 Å². The van der Waals surface area contributed by atoms with Gasteiger partial charge in [-0.1, -0.05) is 17.3 Å². The molecule has 1 saturated carbocycles. The van der Waals surface area contributed by atoms with Gasteiger partial charge in [0.1, 0.15) is 11.2 Å². The second-order valence-corrected chi connectivity index (χ2v) is 8.69. The van der Waals surface area contributed by atoms with E-state index < -0.39 is 23.3 Å². The zero-order valence-electron chi connectivity index (χ0n) is 19.5. The van der Waals surface area contributed by atoms with E-state index in [9.17, 15) is 22.4 Å². The highest BCUT2D eigenvalue weighted by Gasteiger charge is 2.66. The van der Waals surface area contributed by atoms with E-state index in [2.05, 4.69) is 30.9 Å². The number of aromatic nitrogens is 5. The topological polar surface area (TPSA) is 111 Å². The minimum Gasteiger partial charge on any atom is -0.358 e. The number of carbonyl (C=O) groups is 1. The number of hydrogen-bond acceptors (Lipinski definition) is 7. The Morgan fingerprint density at radius 2 is 1.89 bits per heavy atom. The first kappa shape index (κ1) is 24.4. The summed E-state index contributed by atoms with van der Waals surface area (Å²) in [6, 6.07) is 5.39. The highest BCUT2D eigenvalue weighted by atomic mass is 19.4. The first-order valence-electron chi connectivity index (χ1n) is 11.4. The second kappa shape index (κ2) is 9.30. The fourth-order valence-corrected chi connectivity index (χ4v) is 3.86. The van der Waals surface area contributed by atoms with Gasteiger partial charge in [-0.05, 0) is 37.0 Å². The summed E-state index contributed by atoms with van der Waals surface area (Å²) < 4.78 is 61.0. The molecule has 0 atom stereocenters. The monoisotopic (exact) mass is 515 g/mol. The largest absolute Gasteiger partial charge is 0.401 e. The predicted octanol–water partition coefficient (Wildman–Crippen LogP) is 5.01. The van der Waals surface area contributed by atoms with Crippen molar-refractivity contribution in [2.24, 2.45) is 0 Å². The number of hydrogen-bond donors (Lipinski definition) is 2. The molecule has 1 aliphatic rings. The van der Waals surface area contributed by atoms with Crippen molar-refractivity contribution >= 4 is 23.4 Å². The van der Waals surface area contributed by atoms with Gasteiger partial charge in [-0.25, -0.2) is 14.4 Å². The lowest BCUT2D eigenvalue weighted by molar-refractivity contribution is -0.165. The molecule has 0 radical (unpaired) electrons. The lowest BCUT2D eigenvalue weighted by Gasteiger charge is -2.14. The van der Waals surface area contributed by atoms with Gasteiger partial charge < -0.3 is 15.2 Å². The molecular weight excluding hydrogens is 494 g/mol. The van der Waals surface area contributed by atoms with E-state index in [1.54, 1.807) is 16.9 Å². The fraction of sp³-hybridized carbons (Fsp3) is 0.292. The van der Waals surface area contributed by atoms with Gasteiger partial charge in [0.15, 0.2) is 11.6 Å². The zero-order chi connectivity index (χ0) is 26.2. The predicted molar refractivity (Wildman–Crippen MR) is 124 cm³/mol. The first-order chi connectivity index (χ1) is 17.7. The zero-order valence-corrected chi connectivity index (χ0v) is 19.5. The van der Waals surface area contributed by atoms with Crippen molar-refractivity contribution < 1.29 is 26.9 Å². The third-order valence-corrected chi connectivity index (χ3v) is 6.14. The molecule has 192 valence electrons. The van der Waals surface area contributed by atoms with Crippen LogP contribution in [-0.4, -0.2) is 37.0 Å². The summed E-state index contributed by atoms with van der Waals surface area (Å²) >= 11 is 0. The van der Waals surface area contributed by atoms with E-state index in [0.29, 0.717) is 17.1 Å². The molecule has 3 heterocycles.